The maximum absolute atomic E-state index is 12.0. The van der Waals surface area contributed by atoms with E-state index in [1.165, 1.54) is 0 Å². The van der Waals surface area contributed by atoms with Gasteiger partial charge in [-0.15, -0.1) is 0 Å². The monoisotopic (exact) mass is 272 g/mol. The van der Waals surface area contributed by atoms with Crippen LogP contribution in [0.1, 0.15) is 12.0 Å². The Morgan fingerprint density at radius 3 is 2.59 bits per heavy atom. The number of rotatable bonds is 2. The SMILES string of the molecule is NC1CCN(C(=O)Cc2c(Cl)cccc2Cl)C1. The molecule has 0 spiro atoms. The number of carbonyl (C=O) groups is 1. The predicted octanol–water partition coefficient (Wildman–Crippen LogP) is 2.10. The van der Waals surface area contributed by atoms with E-state index < -0.39 is 0 Å². The second-order valence-electron chi connectivity index (χ2n) is 4.27. The van der Waals surface area contributed by atoms with E-state index in [1.54, 1.807) is 23.1 Å². The summed E-state index contributed by atoms with van der Waals surface area (Å²) in [6.45, 7) is 1.35. The molecule has 1 saturated heterocycles. The second-order valence-corrected chi connectivity index (χ2v) is 5.08. The van der Waals surface area contributed by atoms with Crippen molar-refractivity contribution >= 4 is 29.1 Å². The average Bonchev–Trinajstić information content (AvgIpc) is 2.70. The van der Waals surface area contributed by atoms with Gasteiger partial charge in [0.15, 0.2) is 0 Å². The van der Waals surface area contributed by atoms with Crippen LogP contribution in [0.5, 0.6) is 0 Å². The molecule has 1 unspecified atom stereocenters. The molecule has 1 heterocycles. The third-order valence-electron chi connectivity index (χ3n) is 2.97. The van der Waals surface area contributed by atoms with Crippen molar-refractivity contribution < 1.29 is 4.79 Å². The molecule has 1 atom stereocenters. The highest BCUT2D eigenvalue weighted by atomic mass is 35.5. The van der Waals surface area contributed by atoms with Crippen molar-refractivity contribution in [1.29, 1.82) is 0 Å². The van der Waals surface area contributed by atoms with Crippen molar-refractivity contribution in [2.24, 2.45) is 5.73 Å². The maximum Gasteiger partial charge on any atom is 0.227 e. The van der Waals surface area contributed by atoms with Gasteiger partial charge in [-0.3, -0.25) is 4.79 Å². The molecule has 0 saturated carbocycles. The van der Waals surface area contributed by atoms with E-state index in [0.717, 1.165) is 13.0 Å². The number of carbonyl (C=O) groups excluding carboxylic acids is 1. The molecular weight excluding hydrogens is 259 g/mol. The largest absolute Gasteiger partial charge is 0.341 e. The van der Waals surface area contributed by atoms with Crippen molar-refractivity contribution in [1.82, 2.24) is 4.90 Å². The van der Waals surface area contributed by atoms with Crippen molar-refractivity contribution in [3.05, 3.63) is 33.8 Å². The number of likely N-dealkylation sites (tertiary alicyclic amines) is 1. The maximum atomic E-state index is 12.0. The minimum absolute atomic E-state index is 0.0351. The van der Waals surface area contributed by atoms with Gasteiger partial charge in [-0.05, 0) is 24.1 Å². The fourth-order valence-electron chi connectivity index (χ4n) is 1.98. The minimum atomic E-state index is 0.0351. The molecule has 0 aliphatic carbocycles. The standard InChI is InChI=1S/C12H14Cl2N2O/c13-10-2-1-3-11(14)9(10)6-12(17)16-5-4-8(15)7-16/h1-3,8H,4-7,15H2. The molecule has 92 valence electrons. The summed E-state index contributed by atoms with van der Waals surface area (Å²) < 4.78 is 0. The van der Waals surface area contributed by atoms with Crippen LogP contribution in [0.25, 0.3) is 0 Å². The van der Waals surface area contributed by atoms with Gasteiger partial charge < -0.3 is 10.6 Å². The average molecular weight is 273 g/mol. The highest BCUT2D eigenvalue weighted by molar-refractivity contribution is 6.36. The molecular formula is C12H14Cl2N2O. The molecule has 3 nitrogen and oxygen atoms in total. The number of halogens is 2. The van der Waals surface area contributed by atoms with Gasteiger partial charge in [-0.1, -0.05) is 29.3 Å². The fourth-order valence-corrected chi connectivity index (χ4v) is 2.51. The minimum Gasteiger partial charge on any atom is -0.341 e. The summed E-state index contributed by atoms with van der Waals surface area (Å²) in [5.74, 6) is 0.0351. The Balaban J connectivity index is 2.08. The van der Waals surface area contributed by atoms with Crippen LogP contribution in [0.2, 0.25) is 10.0 Å². The number of nitrogens with zero attached hydrogens (tertiary/aromatic N) is 1. The van der Waals surface area contributed by atoms with E-state index in [4.69, 9.17) is 28.9 Å². The first-order valence-corrected chi connectivity index (χ1v) is 6.30. The Hall–Kier alpha value is -0.770. The molecule has 1 amide bonds. The highest BCUT2D eigenvalue weighted by Gasteiger charge is 2.24. The van der Waals surface area contributed by atoms with Gasteiger partial charge in [0.2, 0.25) is 5.91 Å². The van der Waals surface area contributed by atoms with E-state index in [1.807, 2.05) is 0 Å². The summed E-state index contributed by atoms with van der Waals surface area (Å²) in [5, 5.41) is 1.07. The third-order valence-corrected chi connectivity index (χ3v) is 3.68. The van der Waals surface area contributed by atoms with Crippen LogP contribution in [-0.2, 0) is 11.2 Å². The first-order valence-electron chi connectivity index (χ1n) is 5.54. The smallest absolute Gasteiger partial charge is 0.227 e. The summed E-state index contributed by atoms with van der Waals surface area (Å²) in [4.78, 5) is 13.8. The van der Waals surface area contributed by atoms with Crippen molar-refractivity contribution in [2.45, 2.75) is 18.9 Å². The lowest BCUT2D eigenvalue weighted by Gasteiger charge is -2.16. The lowest BCUT2D eigenvalue weighted by atomic mass is 10.1. The van der Waals surface area contributed by atoms with Crippen LogP contribution in [0.4, 0.5) is 0 Å². The van der Waals surface area contributed by atoms with Gasteiger partial charge in [0.05, 0.1) is 6.42 Å². The number of hydrogen-bond acceptors (Lipinski definition) is 2. The van der Waals surface area contributed by atoms with Crippen LogP contribution in [0.15, 0.2) is 18.2 Å². The van der Waals surface area contributed by atoms with E-state index in [-0.39, 0.29) is 18.4 Å². The van der Waals surface area contributed by atoms with E-state index >= 15 is 0 Å². The summed E-state index contributed by atoms with van der Waals surface area (Å²) in [6.07, 6.45) is 1.10. The predicted molar refractivity (Wildman–Crippen MR) is 69.3 cm³/mol. The van der Waals surface area contributed by atoms with E-state index in [0.29, 0.717) is 22.2 Å². The van der Waals surface area contributed by atoms with Crippen molar-refractivity contribution in [3.63, 3.8) is 0 Å². The topological polar surface area (TPSA) is 46.3 Å². The Labute approximate surface area is 110 Å². The lowest BCUT2D eigenvalue weighted by molar-refractivity contribution is -0.129. The molecule has 1 aromatic carbocycles. The molecule has 0 radical (unpaired) electrons. The summed E-state index contributed by atoms with van der Waals surface area (Å²) in [5.41, 5.74) is 6.47. The van der Waals surface area contributed by atoms with Gasteiger partial charge in [0.25, 0.3) is 0 Å². The summed E-state index contributed by atoms with van der Waals surface area (Å²) in [7, 11) is 0. The van der Waals surface area contributed by atoms with Gasteiger partial charge in [0, 0.05) is 29.2 Å². The Kier molecular flexibility index (Phi) is 3.92. The van der Waals surface area contributed by atoms with E-state index in [2.05, 4.69) is 0 Å². The first kappa shape index (κ1) is 12.7. The molecule has 0 aromatic heterocycles. The zero-order valence-electron chi connectivity index (χ0n) is 9.33. The fraction of sp³-hybridized carbons (Fsp3) is 0.417. The van der Waals surface area contributed by atoms with Gasteiger partial charge in [0.1, 0.15) is 0 Å². The summed E-state index contributed by atoms with van der Waals surface area (Å²) >= 11 is 12.1. The zero-order valence-corrected chi connectivity index (χ0v) is 10.8. The van der Waals surface area contributed by atoms with Crippen LogP contribution in [0.3, 0.4) is 0 Å². The Morgan fingerprint density at radius 2 is 2.06 bits per heavy atom. The second kappa shape index (κ2) is 5.25. The molecule has 1 aliphatic rings. The first-order chi connectivity index (χ1) is 8.08. The van der Waals surface area contributed by atoms with E-state index in [9.17, 15) is 4.79 Å². The number of amides is 1. The van der Waals surface area contributed by atoms with Gasteiger partial charge in [-0.25, -0.2) is 0 Å². The molecule has 2 rings (SSSR count). The van der Waals surface area contributed by atoms with Crippen molar-refractivity contribution in [3.8, 4) is 0 Å². The van der Waals surface area contributed by atoms with Crippen LogP contribution < -0.4 is 5.73 Å². The quantitative estimate of drug-likeness (QED) is 0.896. The molecule has 1 fully saturated rings. The van der Waals surface area contributed by atoms with Gasteiger partial charge in [-0.2, -0.15) is 0 Å². The van der Waals surface area contributed by atoms with Crippen molar-refractivity contribution in [2.75, 3.05) is 13.1 Å². The summed E-state index contributed by atoms with van der Waals surface area (Å²) in [6, 6.07) is 5.35. The lowest BCUT2D eigenvalue weighted by Crippen LogP contribution is -2.33. The Morgan fingerprint density at radius 1 is 1.41 bits per heavy atom. The number of nitrogens with two attached hydrogens (primary N) is 1. The molecule has 1 aliphatic heterocycles. The molecule has 0 bridgehead atoms. The molecule has 1 aromatic rings. The normalized spacial score (nSPS) is 19.7. The Bertz CT molecular complexity index is 416. The highest BCUT2D eigenvalue weighted by Crippen LogP contribution is 2.25. The molecule has 2 N–H and O–H groups in total. The van der Waals surface area contributed by atoms with Crippen LogP contribution in [0, 0.1) is 0 Å². The zero-order chi connectivity index (χ0) is 12.4. The third kappa shape index (κ3) is 2.92. The molecule has 5 heteroatoms. The van der Waals surface area contributed by atoms with Crippen LogP contribution >= 0.6 is 23.2 Å². The number of hydrogen-bond donors (Lipinski definition) is 1. The van der Waals surface area contributed by atoms with Gasteiger partial charge >= 0.3 is 0 Å². The van der Waals surface area contributed by atoms with Crippen LogP contribution in [-0.4, -0.2) is 29.9 Å². The number of benzene rings is 1. The molecule has 17 heavy (non-hydrogen) atoms.